The molecule has 2 rings (SSSR count). The summed E-state index contributed by atoms with van der Waals surface area (Å²) in [5.74, 6) is -1.90. The number of carbonyl (C=O) groups excluding carboxylic acids is 2. The number of esters is 1. The van der Waals surface area contributed by atoms with E-state index in [9.17, 15) is 22.4 Å². The third-order valence-electron chi connectivity index (χ3n) is 3.23. The molecule has 0 heterocycles. The number of rotatable bonds is 6. The molecule has 0 unspecified atom stereocenters. The summed E-state index contributed by atoms with van der Waals surface area (Å²) >= 11 is 5.83. The van der Waals surface area contributed by atoms with E-state index in [1.54, 1.807) is 0 Å². The molecule has 0 aliphatic carbocycles. The van der Waals surface area contributed by atoms with Crippen LogP contribution in [0.1, 0.15) is 20.7 Å². The number of carbonyl (C=O) groups is 2. The summed E-state index contributed by atoms with van der Waals surface area (Å²) in [6.07, 6.45) is 0. The van der Waals surface area contributed by atoms with Crippen LogP contribution in [0.5, 0.6) is 0 Å². The van der Waals surface area contributed by atoms with Gasteiger partial charge in [-0.05, 0) is 49.5 Å². The number of ether oxygens (including phenoxy) is 1. The first-order valence-corrected chi connectivity index (χ1v) is 8.79. The minimum atomic E-state index is -3.86. The van der Waals surface area contributed by atoms with Gasteiger partial charge in [-0.3, -0.25) is 4.79 Å². The quantitative estimate of drug-likeness (QED) is 0.609. The van der Waals surface area contributed by atoms with Gasteiger partial charge in [0.1, 0.15) is 10.7 Å². The predicted molar refractivity (Wildman–Crippen MR) is 88.7 cm³/mol. The zero-order valence-corrected chi connectivity index (χ0v) is 14.5. The van der Waals surface area contributed by atoms with Crippen molar-refractivity contribution in [1.29, 1.82) is 0 Å². The Balaban J connectivity index is 2.12. The highest BCUT2D eigenvalue weighted by Gasteiger charge is 2.19. The average molecular weight is 386 g/mol. The molecule has 0 bridgehead atoms. The monoisotopic (exact) mass is 385 g/mol. The number of hydrogen-bond acceptors (Lipinski definition) is 5. The van der Waals surface area contributed by atoms with Gasteiger partial charge >= 0.3 is 5.97 Å². The molecule has 6 nitrogen and oxygen atoms in total. The number of sulfonamides is 1. The summed E-state index contributed by atoms with van der Waals surface area (Å²) in [5, 5.41) is -0.0618. The van der Waals surface area contributed by atoms with Crippen molar-refractivity contribution in [3.63, 3.8) is 0 Å². The van der Waals surface area contributed by atoms with E-state index in [1.807, 2.05) is 0 Å². The van der Waals surface area contributed by atoms with Crippen LogP contribution in [0.2, 0.25) is 5.02 Å². The standard InChI is InChI=1S/C16H13ClFNO5S/c1-19-25(22,23)15-8-11(4-7-13(15)17)16(21)24-9-14(20)10-2-5-12(18)6-3-10/h2-8,19H,9H2,1H3. The summed E-state index contributed by atoms with van der Waals surface area (Å²) < 4.78 is 43.5. The first kappa shape index (κ1) is 19.0. The normalized spacial score (nSPS) is 11.2. The summed E-state index contributed by atoms with van der Waals surface area (Å²) in [6.45, 7) is -0.568. The van der Waals surface area contributed by atoms with Crippen molar-refractivity contribution in [2.75, 3.05) is 13.7 Å². The Morgan fingerprint density at radius 1 is 1.12 bits per heavy atom. The lowest BCUT2D eigenvalue weighted by atomic mass is 10.1. The number of Topliss-reactive ketones (excluding diaryl/α,β-unsaturated/α-hetero) is 1. The van der Waals surface area contributed by atoms with Crippen molar-refractivity contribution in [3.05, 3.63) is 64.4 Å². The lowest BCUT2D eigenvalue weighted by Gasteiger charge is -2.08. The zero-order chi connectivity index (χ0) is 18.6. The summed E-state index contributed by atoms with van der Waals surface area (Å²) in [4.78, 5) is 23.6. The number of hydrogen-bond donors (Lipinski definition) is 1. The smallest absolute Gasteiger partial charge is 0.338 e. The Morgan fingerprint density at radius 3 is 2.32 bits per heavy atom. The first-order chi connectivity index (χ1) is 11.7. The van der Waals surface area contributed by atoms with Crippen molar-refractivity contribution < 1.29 is 27.1 Å². The Labute approximate surface area is 148 Å². The largest absolute Gasteiger partial charge is 0.454 e. The second kappa shape index (κ2) is 7.73. The molecule has 9 heteroatoms. The van der Waals surface area contributed by atoms with Crippen LogP contribution in [0.25, 0.3) is 0 Å². The highest BCUT2D eigenvalue weighted by molar-refractivity contribution is 7.89. The fourth-order valence-corrected chi connectivity index (χ4v) is 3.13. The molecule has 132 valence electrons. The van der Waals surface area contributed by atoms with E-state index < -0.39 is 34.2 Å². The molecule has 0 atom stereocenters. The maximum absolute atomic E-state index is 12.8. The molecular weight excluding hydrogens is 373 g/mol. The molecular formula is C16H13ClFNO5S. The van der Waals surface area contributed by atoms with E-state index in [4.69, 9.17) is 16.3 Å². The van der Waals surface area contributed by atoms with E-state index in [2.05, 4.69) is 4.72 Å². The molecule has 1 N–H and O–H groups in total. The van der Waals surface area contributed by atoms with Crippen LogP contribution in [-0.2, 0) is 14.8 Å². The second-order valence-electron chi connectivity index (χ2n) is 4.86. The fourth-order valence-electron chi connectivity index (χ4n) is 1.88. The molecule has 2 aromatic carbocycles. The van der Waals surface area contributed by atoms with Crippen molar-refractivity contribution >= 4 is 33.4 Å². The fraction of sp³-hybridized carbons (Fsp3) is 0.125. The highest BCUT2D eigenvalue weighted by Crippen LogP contribution is 2.22. The lowest BCUT2D eigenvalue weighted by molar-refractivity contribution is 0.0474. The summed E-state index contributed by atoms with van der Waals surface area (Å²) in [6, 6.07) is 8.34. The summed E-state index contributed by atoms with van der Waals surface area (Å²) in [5.41, 5.74) is 0.105. The molecule has 0 spiro atoms. The maximum Gasteiger partial charge on any atom is 0.338 e. The minimum Gasteiger partial charge on any atom is -0.454 e. The molecule has 0 fully saturated rings. The van der Waals surface area contributed by atoms with Crippen LogP contribution < -0.4 is 4.72 Å². The van der Waals surface area contributed by atoms with Gasteiger partial charge in [-0.15, -0.1) is 0 Å². The van der Waals surface area contributed by atoms with Crippen molar-refractivity contribution in [2.24, 2.45) is 0 Å². The molecule has 2 aromatic rings. The van der Waals surface area contributed by atoms with Crippen LogP contribution in [0.4, 0.5) is 4.39 Å². The van der Waals surface area contributed by atoms with E-state index in [-0.39, 0.29) is 21.0 Å². The minimum absolute atomic E-state index is 0.0618. The van der Waals surface area contributed by atoms with Crippen molar-refractivity contribution in [2.45, 2.75) is 4.90 Å². The lowest BCUT2D eigenvalue weighted by Crippen LogP contribution is -2.20. The molecule has 25 heavy (non-hydrogen) atoms. The Kier molecular flexibility index (Phi) is 5.89. The van der Waals surface area contributed by atoms with Gasteiger partial charge in [0, 0.05) is 5.56 Å². The van der Waals surface area contributed by atoms with Gasteiger partial charge in [0.05, 0.1) is 10.6 Å². The van der Waals surface area contributed by atoms with Crippen LogP contribution >= 0.6 is 11.6 Å². The Morgan fingerprint density at radius 2 is 1.72 bits per heavy atom. The van der Waals surface area contributed by atoms with Gasteiger partial charge in [-0.25, -0.2) is 22.3 Å². The summed E-state index contributed by atoms with van der Waals surface area (Å²) in [7, 11) is -2.65. The molecule has 0 amide bonds. The van der Waals surface area contributed by atoms with Gasteiger partial charge in [-0.2, -0.15) is 0 Å². The Bertz CT molecular complexity index is 913. The van der Waals surface area contributed by atoms with Gasteiger partial charge in [0.15, 0.2) is 12.4 Å². The topological polar surface area (TPSA) is 89.5 Å². The number of ketones is 1. The van der Waals surface area contributed by atoms with E-state index in [0.29, 0.717) is 0 Å². The van der Waals surface area contributed by atoms with Crippen LogP contribution in [0.3, 0.4) is 0 Å². The third-order valence-corrected chi connectivity index (χ3v) is 5.12. The third kappa shape index (κ3) is 4.62. The van der Waals surface area contributed by atoms with Gasteiger partial charge in [0.2, 0.25) is 10.0 Å². The molecule has 0 saturated carbocycles. The second-order valence-corrected chi connectivity index (χ2v) is 7.12. The molecule has 0 aliphatic rings. The van der Waals surface area contributed by atoms with E-state index >= 15 is 0 Å². The SMILES string of the molecule is CNS(=O)(=O)c1cc(C(=O)OCC(=O)c2ccc(F)cc2)ccc1Cl. The van der Waals surface area contributed by atoms with Gasteiger partial charge in [0.25, 0.3) is 0 Å². The predicted octanol–water partition coefficient (Wildman–Crippen LogP) is 2.43. The van der Waals surface area contributed by atoms with Gasteiger partial charge in [-0.1, -0.05) is 11.6 Å². The van der Waals surface area contributed by atoms with E-state index in [0.717, 1.165) is 18.2 Å². The number of halogens is 2. The zero-order valence-electron chi connectivity index (χ0n) is 13.0. The average Bonchev–Trinajstić information content (AvgIpc) is 2.60. The number of nitrogens with one attached hydrogen (secondary N) is 1. The van der Waals surface area contributed by atoms with Crippen LogP contribution in [0, 0.1) is 5.82 Å². The van der Waals surface area contributed by atoms with Gasteiger partial charge < -0.3 is 4.74 Å². The molecule has 0 saturated heterocycles. The van der Waals surface area contributed by atoms with Crippen molar-refractivity contribution in [3.8, 4) is 0 Å². The van der Waals surface area contributed by atoms with Crippen LogP contribution in [-0.4, -0.2) is 33.8 Å². The molecule has 0 aromatic heterocycles. The number of benzene rings is 2. The Hall–Kier alpha value is -2.29. The maximum atomic E-state index is 12.8. The van der Waals surface area contributed by atoms with Crippen molar-refractivity contribution in [1.82, 2.24) is 4.72 Å². The first-order valence-electron chi connectivity index (χ1n) is 6.93. The molecule has 0 aliphatic heterocycles. The van der Waals surface area contributed by atoms with E-state index in [1.165, 1.54) is 31.3 Å². The highest BCUT2D eigenvalue weighted by atomic mass is 35.5. The molecule has 0 radical (unpaired) electrons. The van der Waals surface area contributed by atoms with Crippen LogP contribution in [0.15, 0.2) is 47.4 Å².